The lowest BCUT2D eigenvalue weighted by atomic mass is 10.2. The first-order valence-corrected chi connectivity index (χ1v) is 15.0. The number of nitrogens with zero attached hydrogens (tertiary/aromatic N) is 2. The van der Waals surface area contributed by atoms with Crippen LogP contribution < -0.4 is 0 Å². The molecule has 0 radical (unpaired) electrons. The fraction of sp³-hybridized carbons (Fsp3) is 0.208. The van der Waals surface area contributed by atoms with Crippen molar-refractivity contribution in [3.63, 3.8) is 0 Å². The minimum atomic E-state index is -3.79. The van der Waals surface area contributed by atoms with Crippen LogP contribution in [-0.2, 0) is 16.6 Å². The molecule has 0 unspecified atom stereocenters. The maximum atomic E-state index is 13.8. The van der Waals surface area contributed by atoms with Gasteiger partial charge >= 0.3 is 0 Å². The first kappa shape index (κ1) is 22.0. The number of aryl methyl sites for hydroxylation is 1. The van der Waals surface area contributed by atoms with Gasteiger partial charge in [0.05, 0.1) is 30.9 Å². The topological polar surface area (TPSA) is 50.3 Å². The van der Waals surface area contributed by atoms with Gasteiger partial charge in [-0.25, -0.2) is 8.42 Å². The summed E-state index contributed by atoms with van der Waals surface area (Å²) in [7, 11) is -5.57. The summed E-state index contributed by atoms with van der Waals surface area (Å²) in [4.78, 5) is 4.77. The van der Waals surface area contributed by atoms with Crippen LogP contribution in [0.25, 0.3) is 5.70 Å². The van der Waals surface area contributed by atoms with Crippen molar-refractivity contribution in [3.8, 4) is 0 Å². The fourth-order valence-corrected chi connectivity index (χ4v) is 5.76. The average Bonchev–Trinajstić information content (AvgIpc) is 2.71. The number of hydrogen-bond acceptors (Lipinski definition) is 3. The van der Waals surface area contributed by atoms with Crippen molar-refractivity contribution in [1.82, 2.24) is 9.29 Å². The Kier molecular flexibility index (Phi) is 6.58. The van der Waals surface area contributed by atoms with Crippen molar-refractivity contribution < 1.29 is 8.42 Å². The van der Waals surface area contributed by atoms with Crippen molar-refractivity contribution in [2.75, 3.05) is 0 Å². The lowest BCUT2D eigenvalue weighted by Crippen LogP contribution is -2.32. The molecule has 0 aliphatic carbocycles. The third-order valence-electron chi connectivity index (χ3n) is 4.54. The van der Waals surface area contributed by atoms with Crippen LogP contribution in [0.2, 0.25) is 19.6 Å². The van der Waals surface area contributed by atoms with Gasteiger partial charge in [0.2, 0.25) is 0 Å². The molecule has 6 heteroatoms. The van der Waals surface area contributed by atoms with Gasteiger partial charge in [-0.3, -0.25) is 9.29 Å². The third kappa shape index (κ3) is 5.46. The van der Waals surface area contributed by atoms with Gasteiger partial charge in [-0.1, -0.05) is 79.4 Å². The zero-order valence-corrected chi connectivity index (χ0v) is 19.7. The quantitative estimate of drug-likeness (QED) is 0.460. The Morgan fingerprint density at radius 1 is 0.933 bits per heavy atom. The van der Waals surface area contributed by atoms with E-state index in [0.29, 0.717) is 11.4 Å². The standard InChI is InChI=1S/C24H28N2O2SSi/c1-20-13-15-22(16-14-20)29(27,28)26(18-21-10-6-5-7-11-21)24(19-30(2,3)4)23-12-8-9-17-25-23/h5-17,19H,18H2,1-4H3/b24-19+. The molecule has 0 bridgehead atoms. The first-order chi connectivity index (χ1) is 14.2. The largest absolute Gasteiger partial charge is 0.264 e. The Bertz CT molecular complexity index is 1110. The fourth-order valence-electron chi connectivity index (χ4n) is 3.08. The Labute approximate surface area is 181 Å². The summed E-state index contributed by atoms with van der Waals surface area (Å²) in [6, 6.07) is 22.3. The molecule has 0 N–H and O–H groups in total. The number of benzene rings is 2. The summed E-state index contributed by atoms with van der Waals surface area (Å²) in [5.74, 6) is 0. The number of rotatable bonds is 7. The van der Waals surface area contributed by atoms with Gasteiger partial charge in [-0.2, -0.15) is 0 Å². The highest BCUT2D eigenvalue weighted by atomic mass is 32.2. The highest BCUT2D eigenvalue weighted by Crippen LogP contribution is 2.30. The van der Waals surface area contributed by atoms with E-state index in [-0.39, 0.29) is 11.4 Å². The van der Waals surface area contributed by atoms with Gasteiger partial charge < -0.3 is 0 Å². The molecule has 4 nitrogen and oxygen atoms in total. The van der Waals surface area contributed by atoms with Gasteiger partial charge in [0.15, 0.2) is 0 Å². The Hall–Kier alpha value is -2.70. The zero-order valence-electron chi connectivity index (χ0n) is 17.9. The van der Waals surface area contributed by atoms with Crippen molar-refractivity contribution in [1.29, 1.82) is 0 Å². The van der Waals surface area contributed by atoms with E-state index in [1.54, 1.807) is 18.3 Å². The molecule has 0 fully saturated rings. The molecule has 2 aromatic carbocycles. The highest BCUT2D eigenvalue weighted by Gasteiger charge is 2.29. The van der Waals surface area contributed by atoms with E-state index in [1.165, 1.54) is 4.31 Å². The first-order valence-electron chi connectivity index (χ1n) is 9.94. The Morgan fingerprint density at radius 3 is 2.13 bits per heavy atom. The molecule has 0 saturated carbocycles. The van der Waals surface area contributed by atoms with Crippen LogP contribution in [0, 0.1) is 6.92 Å². The minimum absolute atomic E-state index is 0.240. The van der Waals surface area contributed by atoms with Crippen molar-refractivity contribution in [3.05, 3.63) is 102 Å². The SMILES string of the molecule is Cc1ccc(S(=O)(=O)N(Cc2ccccc2)/C(=C/[Si](C)(C)C)c2ccccn2)cc1. The smallest absolute Gasteiger partial charge is 0.260 e. The monoisotopic (exact) mass is 436 g/mol. The molecule has 3 rings (SSSR count). The Morgan fingerprint density at radius 2 is 1.57 bits per heavy atom. The van der Waals surface area contributed by atoms with E-state index in [1.807, 2.05) is 67.6 Å². The lowest BCUT2D eigenvalue weighted by molar-refractivity contribution is 0.506. The van der Waals surface area contributed by atoms with Crippen molar-refractivity contribution in [2.45, 2.75) is 38.0 Å². The van der Waals surface area contributed by atoms with Gasteiger partial charge in [0.25, 0.3) is 10.0 Å². The molecule has 30 heavy (non-hydrogen) atoms. The molecule has 0 aliphatic heterocycles. The predicted molar refractivity (Wildman–Crippen MR) is 126 cm³/mol. The van der Waals surface area contributed by atoms with E-state index in [9.17, 15) is 8.42 Å². The molecule has 0 aliphatic rings. The Balaban J connectivity index is 2.21. The maximum absolute atomic E-state index is 13.8. The molecule has 156 valence electrons. The molecule has 0 atom stereocenters. The van der Waals surface area contributed by atoms with Crippen LogP contribution >= 0.6 is 0 Å². The number of pyridine rings is 1. The molecule has 0 saturated heterocycles. The normalized spacial score (nSPS) is 12.6. The van der Waals surface area contributed by atoms with Gasteiger partial charge in [0.1, 0.15) is 0 Å². The van der Waals surface area contributed by atoms with Crippen LogP contribution in [0.15, 0.2) is 89.6 Å². The van der Waals surface area contributed by atoms with Gasteiger partial charge in [0, 0.05) is 6.20 Å². The molecular weight excluding hydrogens is 408 g/mol. The molecule has 1 aromatic heterocycles. The third-order valence-corrected chi connectivity index (χ3v) is 7.46. The van der Waals surface area contributed by atoms with Crippen LogP contribution in [-0.4, -0.2) is 25.8 Å². The molecular formula is C24H28N2O2SSi. The highest BCUT2D eigenvalue weighted by molar-refractivity contribution is 7.89. The van der Waals surface area contributed by atoms with E-state index in [2.05, 4.69) is 30.3 Å². The molecule has 0 amide bonds. The lowest BCUT2D eigenvalue weighted by Gasteiger charge is -2.29. The second-order valence-electron chi connectivity index (χ2n) is 8.42. The molecule has 1 heterocycles. The van der Waals surface area contributed by atoms with E-state index >= 15 is 0 Å². The summed E-state index contributed by atoms with van der Waals surface area (Å²) in [5.41, 5.74) is 5.35. The molecule has 3 aromatic rings. The van der Waals surface area contributed by atoms with Crippen molar-refractivity contribution in [2.24, 2.45) is 0 Å². The van der Waals surface area contributed by atoms with Crippen LogP contribution in [0.4, 0.5) is 0 Å². The summed E-state index contributed by atoms with van der Waals surface area (Å²) in [6.07, 6.45) is 1.70. The van der Waals surface area contributed by atoms with Gasteiger partial charge in [-0.05, 0) is 36.8 Å². The zero-order chi connectivity index (χ0) is 21.8. The van der Waals surface area contributed by atoms with Crippen molar-refractivity contribution >= 4 is 23.8 Å². The second-order valence-corrected chi connectivity index (χ2v) is 15.3. The van der Waals surface area contributed by atoms with Crippen LogP contribution in [0.3, 0.4) is 0 Å². The number of hydrogen-bond donors (Lipinski definition) is 0. The van der Waals surface area contributed by atoms with Gasteiger partial charge in [-0.15, -0.1) is 0 Å². The van der Waals surface area contributed by atoms with Crippen LogP contribution in [0.5, 0.6) is 0 Å². The van der Waals surface area contributed by atoms with E-state index < -0.39 is 18.1 Å². The average molecular weight is 437 g/mol. The van der Waals surface area contributed by atoms with E-state index in [4.69, 9.17) is 0 Å². The summed E-state index contributed by atoms with van der Waals surface area (Å²) in [6.45, 7) is 8.76. The number of aromatic nitrogens is 1. The second kappa shape index (κ2) is 8.98. The van der Waals surface area contributed by atoms with Crippen LogP contribution in [0.1, 0.15) is 16.8 Å². The summed E-state index contributed by atoms with van der Waals surface area (Å²) >= 11 is 0. The predicted octanol–water partition coefficient (Wildman–Crippen LogP) is 5.50. The summed E-state index contributed by atoms with van der Waals surface area (Å²) in [5, 5.41) is 0. The maximum Gasteiger partial charge on any atom is 0.264 e. The molecule has 0 spiro atoms. The van der Waals surface area contributed by atoms with E-state index in [0.717, 1.165) is 11.1 Å². The summed E-state index contributed by atoms with van der Waals surface area (Å²) < 4.78 is 29.2. The minimum Gasteiger partial charge on any atom is -0.260 e. The number of sulfonamides is 1.